The van der Waals surface area contributed by atoms with Crippen LogP contribution in [0.25, 0.3) is 0 Å². The van der Waals surface area contributed by atoms with Gasteiger partial charge in [-0.3, -0.25) is 0 Å². The van der Waals surface area contributed by atoms with Gasteiger partial charge < -0.3 is 9.84 Å². The van der Waals surface area contributed by atoms with Crippen molar-refractivity contribution in [2.24, 2.45) is 0 Å². The number of rotatable bonds is 6. The fraction of sp³-hybridized carbons (Fsp3) is 1.00. The number of piperidine rings is 1. The summed E-state index contributed by atoms with van der Waals surface area (Å²) in [6.07, 6.45) is 2.65. The zero-order valence-electron chi connectivity index (χ0n) is 10.6. The van der Waals surface area contributed by atoms with Crippen LogP contribution in [0.5, 0.6) is 0 Å². The Morgan fingerprint density at radius 3 is 2.71 bits per heavy atom. The average molecular weight is 265 g/mol. The number of hydrogen-bond acceptors (Lipinski definition) is 4. The second-order valence-electron chi connectivity index (χ2n) is 4.68. The van der Waals surface area contributed by atoms with Crippen molar-refractivity contribution in [3.63, 3.8) is 0 Å². The first-order chi connectivity index (χ1) is 7.97. The summed E-state index contributed by atoms with van der Waals surface area (Å²) in [7, 11) is -3.29. The topological polar surface area (TPSA) is 66.8 Å². The Labute approximate surface area is 104 Å². The number of nitrogens with zero attached hydrogens (tertiary/aromatic N) is 1. The molecule has 1 N–H and O–H groups in total. The summed E-state index contributed by atoms with van der Waals surface area (Å²) < 4.78 is 30.9. The second-order valence-corrected chi connectivity index (χ2v) is 6.72. The van der Waals surface area contributed by atoms with Crippen LogP contribution in [-0.4, -0.2) is 55.5 Å². The van der Waals surface area contributed by atoms with Crippen LogP contribution in [0.2, 0.25) is 0 Å². The van der Waals surface area contributed by atoms with Crippen LogP contribution in [-0.2, 0) is 14.8 Å². The number of ether oxygens (including phenoxy) is 1. The van der Waals surface area contributed by atoms with E-state index in [0.29, 0.717) is 6.54 Å². The molecule has 0 aromatic rings. The smallest absolute Gasteiger partial charge is 0.216 e. The molecule has 0 aromatic carbocycles. The quantitative estimate of drug-likeness (QED) is 0.763. The van der Waals surface area contributed by atoms with Gasteiger partial charge in [-0.05, 0) is 26.7 Å². The standard InChI is InChI=1S/C11H23NO4S/c1-10(2)16-7-8-17(14,15)12-6-4-3-5-11(12)9-13/h10-11,13H,3-9H2,1-2H3. The molecule has 0 aliphatic carbocycles. The predicted molar refractivity (Wildman–Crippen MR) is 66.3 cm³/mol. The molecule has 1 saturated heterocycles. The molecule has 1 fully saturated rings. The molecular formula is C11H23NO4S. The Balaban J connectivity index is 2.55. The first-order valence-corrected chi connectivity index (χ1v) is 7.80. The van der Waals surface area contributed by atoms with Crippen LogP contribution in [0.3, 0.4) is 0 Å². The summed E-state index contributed by atoms with van der Waals surface area (Å²) >= 11 is 0. The van der Waals surface area contributed by atoms with Crippen LogP contribution in [0.1, 0.15) is 33.1 Å². The van der Waals surface area contributed by atoms with E-state index in [1.807, 2.05) is 13.8 Å². The first kappa shape index (κ1) is 14.9. The largest absolute Gasteiger partial charge is 0.395 e. The van der Waals surface area contributed by atoms with Crippen molar-refractivity contribution in [1.82, 2.24) is 4.31 Å². The number of hydrogen-bond donors (Lipinski definition) is 1. The van der Waals surface area contributed by atoms with E-state index in [-0.39, 0.29) is 31.1 Å². The SMILES string of the molecule is CC(C)OCCS(=O)(=O)N1CCCCC1CO. The minimum atomic E-state index is -3.29. The highest BCUT2D eigenvalue weighted by Gasteiger charge is 2.31. The molecule has 102 valence electrons. The third-order valence-electron chi connectivity index (χ3n) is 2.93. The predicted octanol–water partition coefficient (Wildman–Crippen LogP) is 0.588. The van der Waals surface area contributed by atoms with Crippen molar-refractivity contribution >= 4 is 10.0 Å². The summed E-state index contributed by atoms with van der Waals surface area (Å²) in [5.41, 5.74) is 0. The van der Waals surface area contributed by atoms with Crippen LogP contribution >= 0.6 is 0 Å². The molecule has 0 radical (unpaired) electrons. The third kappa shape index (κ3) is 4.54. The summed E-state index contributed by atoms with van der Waals surface area (Å²) in [6, 6.07) is -0.243. The van der Waals surface area contributed by atoms with Gasteiger partial charge in [0, 0.05) is 12.6 Å². The van der Waals surface area contributed by atoms with Gasteiger partial charge in [0.25, 0.3) is 0 Å². The molecule has 0 spiro atoms. The third-order valence-corrected chi connectivity index (χ3v) is 4.81. The molecule has 0 amide bonds. The van der Waals surface area contributed by atoms with Crippen LogP contribution in [0, 0.1) is 0 Å². The molecule has 1 atom stereocenters. The molecule has 0 saturated carbocycles. The van der Waals surface area contributed by atoms with E-state index in [1.165, 1.54) is 4.31 Å². The Kier molecular flexibility index (Phi) is 5.85. The lowest BCUT2D eigenvalue weighted by Gasteiger charge is -2.33. The molecule has 5 nitrogen and oxygen atoms in total. The van der Waals surface area contributed by atoms with Gasteiger partial charge in [0.1, 0.15) is 0 Å². The Morgan fingerprint density at radius 2 is 2.12 bits per heavy atom. The highest BCUT2D eigenvalue weighted by Crippen LogP contribution is 2.20. The fourth-order valence-electron chi connectivity index (χ4n) is 2.03. The van der Waals surface area contributed by atoms with Gasteiger partial charge in [0.2, 0.25) is 10.0 Å². The molecule has 1 unspecified atom stereocenters. The van der Waals surface area contributed by atoms with Crippen molar-refractivity contribution in [1.29, 1.82) is 0 Å². The summed E-state index contributed by atoms with van der Waals surface area (Å²) in [5, 5.41) is 9.20. The van der Waals surface area contributed by atoms with Gasteiger partial charge in [0.05, 0.1) is 25.1 Å². The number of aliphatic hydroxyl groups is 1. The van der Waals surface area contributed by atoms with Gasteiger partial charge in [-0.1, -0.05) is 6.42 Å². The summed E-state index contributed by atoms with van der Waals surface area (Å²) in [6.45, 7) is 4.40. The Hall–Kier alpha value is -0.170. The Bertz CT molecular complexity index is 315. The highest BCUT2D eigenvalue weighted by molar-refractivity contribution is 7.89. The minimum Gasteiger partial charge on any atom is -0.395 e. The first-order valence-electron chi connectivity index (χ1n) is 6.19. The van der Waals surface area contributed by atoms with E-state index in [2.05, 4.69) is 0 Å². The second kappa shape index (κ2) is 6.68. The molecule has 0 aromatic heterocycles. The van der Waals surface area contributed by atoms with E-state index in [0.717, 1.165) is 19.3 Å². The molecule has 6 heteroatoms. The lowest BCUT2D eigenvalue weighted by Crippen LogP contribution is -2.47. The van der Waals surface area contributed by atoms with Gasteiger partial charge in [0.15, 0.2) is 0 Å². The molecule has 1 heterocycles. The molecule has 0 bridgehead atoms. The normalized spacial score (nSPS) is 23.2. The van der Waals surface area contributed by atoms with E-state index in [1.54, 1.807) is 0 Å². The van der Waals surface area contributed by atoms with E-state index in [4.69, 9.17) is 4.74 Å². The van der Waals surface area contributed by atoms with Crippen molar-refractivity contribution in [3.8, 4) is 0 Å². The van der Waals surface area contributed by atoms with Crippen LogP contribution in [0.15, 0.2) is 0 Å². The number of sulfonamides is 1. The zero-order chi connectivity index (χ0) is 12.9. The minimum absolute atomic E-state index is 0.00167. The van der Waals surface area contributed by atoms with E-state index >= 15 is 0 Å². The maximum absolute atomic E-state index is 12.1. The molecule has 1 aliphatic heterocycles. The van der Waals surface area contributed by atoms with Gasteiger partial charge >= 0.3 is 0 Å². The lowest BCUT2D eigenvalue weighted by molar-refractivity contribution is 0.0895. The molecule has 17 heavy (non-hydrogen) atoms. The van der Waals surface area contributed by atoms with Crippen molar-refractivity contribution in [3.05, 3.63) is 0 Å². The van der Waals surface area contributed by atoms with E-state index < -0.39 is 10.0 Å². The maximum atomic E-state index is 12.1. The van der Waals surface area contributed by atoms with Gasteiger partial charge in [-0.25, -0.2) is 8.42 Å². The average Bonchev–Trinajstić information content (AvgIpc) is 2.28. The zero-order valence-corrected chi connectivity index (χ0v) is 11.4. The van der Waals surface area contributed by atoms with Crippen molar-refractivity contribution < 1.29 is 18.3 Å². The Morgan fingerprint density at radius 1 is 1.41 bits per heavy atom. The highest BCUT2D eigenvalue weighted by atomic mass is 32.2. The van der Waals surface area contributed by atoms with Crippen molar-refractivity contribution in [2.75, 3.05) is 25.5 Å². The van der Waals surface area contributed by atoms with Crippen molar-refractivity contribution in [2.45, 2.75) is 45.3 Å². The van der Waals surface area contributed by atoms with Gasteiger partial charge in [-0.2, -0.15) is 4.31 Å². The summed E-state index contributed by atoms with van der Waals surface area (Å²) in [4.78, 5) is 0. The van der Waals surface area contributed by atoms with E-state index in [9.17, 15) is 13.5 Å². The fourth-order valence-corrected chi connectivity index (χ4v) is 3.60. The molecular weight excluding hydrogens is 242 g/mol. The maximum Gasteiger partial charge on any atom is 0.216 e. The van der Waals surface area contributed by atoms with Gasteiger partial charge in [-0.15, -0.1) is 0 Å². The molecule has 1 rings (SSSR count). The summed E-state index contributed by atoms with van der Waals surface area (Å²) in [5.74, 6) is 0.00167. The monoisotopic (exact) mass is 265 g/mol. The number of aliphatic hydroxyl groups excluding tert-OH is 1. The van der Waals surface area contributed by atoms with Crippen LogP contribution in [0.4, 0.5) is 0 Å². The van der Waals surface area contributed by atoms with Crippen LogP contribution < -0.4 is 0 Å². The molecule has 1 aliphatic rings. The lowest BCUT2D eigenvalue weighted by atomic mass is 10.1.